The van der Waals surface area contributed by atoms with E-state index in [-0.39, 0.29) is 0 Å². The van der Waals surface area contributed by atoms with Crippen molar-refractivity contribution in [3.05, 3.63) is 174 Å². The summed E-state index contributed by atoms with van der Waals surface area (Å²) < 4.78 is 4.34. The number of aromatic nitrogens is 2. The van der Waals surface area contributed by atoms with Crippen molar-refractivity contribution in [2.75, 3.05) is 0 Å². The Bertz CT molecular complexity index is 2920. The van der Waals surface area contributed by atoms with E-state index in [4.69, 9.17) is 6.57 Å². The summed E-state index contributed by atoms with van der Waals surface area (Å²) in [4.78, 5) is 3.85. The van der Waals surface area contributed by atoms with Gasteiger partial charge in [0.25, 0.3) is 0 Å². The molecule has 50 heavy (non-hydrogen) atoms. The summed E-state index contributed by atoms with van der Waals surface area (Å²) in [6.07, 6.45) is 0. The highest BCUT2D eigenvalue weighted by molar-refractivity contribution is 6.14. The van der Waals surface area contributed by atoms with Crippen LogP contribution in [-0.4, -0.2) is 9.13 Å². The highest BCUT2D eigenvalue weighted by Crippen LogP contribution is 2.41. The molecule has 230 valence electrons. The van der Waals surface area contributed by atoms with Crippen LogP contribution in [0.15, 0.2) is 152 Å². The van der Waals surface area contributed by atoms with E-state index >= 15 is 0 Å². The standard InChI is InChI=1S/C45H25N5/c1-48-39-18-9-17-36-37-25-29(27-46)23-24-44(37)50(45(36)39)43-22-10-16-32(38(43)28-47)30-11-8-12-31(26-30)33-13-2-5-19-40(33)49-41-20-6-3-14-34(41)35-15-4-7-21-42(35)49/h2-26H. The molecule has 0 aliphatic heterocycles. The van der Waals surface area contributed by atoms with Crippen molar-refractivity contribution in [2.24, 2.45) is 0 Å². The lowest BCUT2D eigenvalue weighted by atomic mass is 9.94. The van der Waals surface area contributed by atoms with Crippen LogP contribution in [0.1, 0.15) is 11.1 Å². The van der Waals surface area contributed by atoms with E-state index in [0.717, 1.165) is 60.8 Å². The van der Waals surface area contributed by atoms with Crippen LogP contribution in [0.4, 0.5) is 5.69 Å². The largest absolute Gasteiger partial charge is 0.318 e. The van der Waals surface area contributed by atoms with Gasteiger partial charge >= 0.3 is 0 Å². The zero-order chi connectivity index (χ0) is 33.8. The van der Waals surface area contributed by atoms with Crippen LogP contribution >= 0.6 is 0 Å². The minimum absolute atomic E-state index is 0.482. The smallest absolute Gasteiger partial charge is 0.211 e. The number of hydrogen-bond donors (Lipinski definition) is 0. The molecule has 0 radical (unpaired) electrons. The van der Waals surface area contributed by atoms with E-state index in [1.54, 1.807) is 12.1 Å². The van der Waals surface area contributed by atoms with Gasteiger partial charge in [0.1, 0.15) is 6.07 Å². The second-order valence-corrected chi connectivity index (χ2v) is 12.2. The molecule has 5 nitrogen and oxygen atoms in total. The quantitative estimate of drug-likeness (QED) is 0.181. The van der Waals surface area contributed by atoms with Gasteiger partial charge in [-0.3, -0.25) is 0 Å². The summed E-state index contributed by atoms with van der Waals surface area (Å²) in [7, 11) is 0. The lowest BCUT2D eigenvalue weighted by Gasteiger charge is -2.16. The third-order valence-electron chi connectivity index (χ3n) is 9.62. The van der Waals surface area contributed by atoms with Gasteiger partial charge in [0.15, 0.2) is 0 Å². The van der Waals surface area contributed by atoms with Crippen molar-refractivity contribution in [1.82, 2.24) is 9.13 Å². The molecule has 9 rings (SSSR count). The first kappa shape index (κ1) is 28.8. The molecular weight excluding hydrogens is 611 g/mol. The first-order valence-corrected chi connectivity index (χ1v) is 16.3. The van der Waals surface area contributed by atoms with Crippen LogP contribution in [0, 0.1) is 29.2 Å². The normalized spacial score (nSPS) is 11.1. The van der Waals surface area contributed by atoms with Crippen molar-refractivity contribution in [3.8, 4) is 45.8 Å². The molecule has 0 atom stereocenters. The summed E-state index contributed by atoms with van der Waals surface area (Å²) in [6, 6.07) is 55.6. The molecule has 0 spiro atoms. The van der Waals surface area contributed by atoms with Gasteiger partial charge < -0.3 is 9.13 Å². The van der Waals surface area contributed by atoms with Crippen molar-refractivity contribution >= 4 is 49.3 Å². The number of para-hydroxylation sites is 4. The maximum absolute atomic E-state index is 10.8. The van der Waals surface area contributed by atoms with Crippen molar-refractivity contribution in [2.45, 2.75) is 0 Å². The van der Waals surface area contributed by atoms with Gasteiger partial charge in [0.2, 0.25) is 5.69 Å². The van der Waals surface area contributed by atoms with Gasteiger partial charge in [-0.25, -0.2) is 4.85 Å². The van der Waals surface area contributed by atoms with Crippen molar-refractivity contribution in [1.29, 1.82) is 10.5 Å². The van der Waals surface area contributed by atoms with Gasteiger partial charge in [0, 0.05) is 27.3 Å². The SMILES string of the molecule is [C-]#[N+]c1cccc2c3cc(C#N)ccc3n(-c3cccc(-c4cccc(-c5ccccc5-n5c6ccccc6c6ccccc65)c4)c3C#N)c12. The summed E-state index contributed by atoms with van der Waals surface area (Å²) >= 11 is 0. The van der Waals surface area contributed by atoms with Crippen molar-refractivity contribution in [3.63, 3.8) is 0 Å². The minimum Gasteiger partial charge on any atom is -0.318 e. The Balaban J connectivity index is 1.25. The summed E-state index contributed by atoms with van der Waals surface area (Å²) in [5, 5.41) is 24.6. The Hall–Kier alpha value is -7.39. The highest BCUT2D eigenvalue weighted by atomic mass is 15.0. The third kappa shape index (κ3) is 4.24. The Labute approximate surface area is 288 Å². The molecule has 5 heteroatoms. The lowest BCUT2D eigenvalue weighted by Crippen LogP contribution is -2.00. The van der Waals surface area contributed by atoms with Crippen LogP contribution in [0.25, 0.3) is 82.1 Å². The molecule has 7 aromatic carbocycles. The molecule has 0 saturated carbocycles. The van der Waals surface area contributed by atoms with Gasteiger partial charge in [-0.15, -0.1) is 0 Å². The predicted molar refractivity (Wildman–Crippen MR) is 202 cm³/mol. The Morgan fingerprint density at radius 3 is 1.82 bits per heavy atom. The number of hydrogen-bond acceptors (Lipinski definition) is 2. The molecule has 0 fully saturated rings. The van der Waals surface area contributed by atoms with Crippen LogP contribution in [0.2, 0.25) is 0 Å². The fourth-order valence-corrected chi connectivity index (χ4v) is 7.49. The minimum atomic E-state index is 0.482. The zero-order valence-corrected chi connectivity index (χ0v) is 26.7. The number of nitriles is 2. The number of fused-ring (bicyclic) bond motifs is 6. The van der Waals surface area contributed by atoms with E-state index in [9.17, 15) is 10.5 Å². The first-order valence-electron chi connectivity index (χ1n) is 16.3. The fourth-order valence-electron chi connectivity index (χ4n) is 7.49. The summed E-state index contributed by atoms with van der Waals surface area (Å²) in [5.74, 6) is 0. The molecule has 0 N–H and O–H groups in total. The molecule has 0 bridgehead atoms. The molecule has 0 amide bonds. The van der Waals surface area contributed by atoms with Crippen LogP contribution in [0.3, 0.4) is 0 Å². The molecule has 2 heterocycles. The third-order valence-corrected chi connectivity index (χ3v) is 9.62. The van der Waals surface area contributed by atoms with E-state index in [2.05, 4.69) is 106 Å². The van der Waals surface area contributed by atoms with E-state index in [1.165, 1.54) is 10.8 Å². The number of nitrogens with zero attached hydrogens (tertiary/aromatic N) is 5. The van der Waals surface area contributed by atoms with E-state index in [0.29, 0.717) is 22.5 Å². The van der Waals surface area contributed by atoms with E-state index in [1.807, 2.05) is 59.2 Å². The maximum Gasteiger partial charge on any atom is 0.211 e. The topological polar surface area (TPSA) is 61.8 Å². The summed E-state index contributed by atoms with van der Waals surface area (Å²) in [6.45, 7) is 7.97. The molecule has 0 aliphatic carbocycles. The lowest BCUT2D eigenvalue weighted by molar-refractivity contribution is 1.17. The average Bonchev–Trinajstić information content (AvgIpc) is 3.70. The maximum atomic E-state index is 10.8. The van der Waals surface area contributed by atoms with Crippen LogP contribution in [0.5, 0.6) is 0 Å². The van der Waals surface area contributed by atoms with Gasteiger partial charge in [-0.05, 0) is 65.0 Å². The Morgan fingerprint density at radius 2 is 1.08 bits per heavy atom. The van der Waals surface area contributed by atoms with Gasteiger partial charge in [-0.2, -0.15) is 10.5 Å². The molecule has 0 aliphatic rings. The molecule has 2 aromatic heterocycles. The molecular formula is C45H25N5. The van der Waals surface area contributed by atoms with Crippen LogP contribution in [-0.2, 0) is 0 Å². The second-order valence-electron chi connectivity index (χ2n) is 12.2. The second kappa shape index (κ2) is 11.4. The average molecular weight is 636 g/mol. The number of rotatable bonds is 4. The van der Waals surface area contributed by atoms with Crippen molar-refractivity contribution < 1.29 is 0 Å². The van der Waals surface area contributed by atoms with Gasteiger partial charge in [-0.1, -0.05) is 103 Å². The molecule has 9 aromatic rings. The Kier molecular flexibility index (Phi) is 6.56. The molecule has 0 saturated heterocycles. The highest BCUT2D eigenvalue weighted by Gasteiger charge is 2.21. The number of benzene rings is 7. The van der Waals surface area contributed by atoms with Gasteiger partial charge in [0.05, 0.1) is 57.2 Å². The Morgan fingerprint density at radius 1 is 0.480 bits per heavy atom. The first-order chi connectivity index (χ1) is 24.7. The fraction of sp³-hybridized carbons (Fsp3) is 0. The van der Waals surface area contributed by atoms with Crippen LogP contribution < -0.4 is 0 Å². The molecule has 0 unspecified atom stereocenters. The monoisotopic (exact) mass is 635 g/mol. The summed E-state index contributed by atoms with van der Waals surface area (Å²) in [5.41, 5.74) is 10.9. The zero-order valence-electron chi connectivity index (χ0n) is 26.7. The predicted octanol–water partition coefficient (Wildman–Crippen LogP) is 11.5. The van der Waals surface area contributed by atoms with E-state index < -0.39 is 0 Å².